The third kappa shape index (κ3) is 6.74. The van der Waals surface area contributed by atoms with Gasteiger partial charge in [-0.15, -0.1) is 0 Å². The van der Waals surface area contributed by atoms with Crippen molar-refractivity contribution in [3.63, 3.8) is 0 Å². The molecule has 16 heavy (non-hydrogen) atoms. The van der Waals surface area contributed by atoms with Crippen LogP contribution in [0.25, 0.3) is 0 Å². The molecule has 1 aromatic carbocycles. The summed E-state index contributed by atoms with van der Waals surface area (Å²) in [5.41, 5.74) is 1.30. The average molecular weight is 239 g/mol. The van der Waals surface area contributed by atoms with Crippen LogP contribution in [0.2, 0.25) is 6.55 Å². The highest BCUT2D eigenvalue weighted by Crippen LogP contribution is 1.99. The maximum Gasteiger partial charge on any atom is 0.378 e. The van der Waals surface area contributed by atoms with E-state index < -0.39 is 9.28 Å². The molecule has 89 valence electrons. The Balaban J connectivity index is 1.93. The summed E-state index contributed by atoms with van der Waals surface area (Å²) in [6.07, 6.45) is 1.79. The Morgan fingerprint density at radius 3 is 2.56 bits per heavy atom. The van der Waals surface area contributed by atoms with Gasteiger partial charge in [-0.1, -0.05) is 30.3 Å². The summed E-state index contributed by atoms with van der Waals surface area (Å²) in [4.78, 5) is 8.94. The molecule has 0 amide bonds. The number of ether oxygens (including phenoxy) is 1. The summed E-state index contributed by atoms with van der Waals surface area (Å²) in [5, 5.41) is 0. The van der Waals surface area contributed by atoms with Crippen molar-refractivity contribution in [3.8, 4) is 0 Å². The normalized spacial score (nSPS) is 10.9. The smallest absolute Gasteiger partial charge is 0.378 e. The second-order valence-electron chi connectivity index (χ2n) is 3.57. The molecule has 0 fully saturated rings. The van der Waals surface area contributed by atoms with Crippen molar-refractivity contribution >= 4 is 9.28 Å². The largest absolute Gasteiger partial charge is 0.410 e. The van der Waals surface area contributed by atoms with Crippen LogP contribution < -0.4 is 0 Å². The average Bonchev–Trinajstić information content (AvgIpc) is 2.29. The molecule has 0 aliphatic heterocycles. The predicted octanol–water partition coefficient (Wildman–Crippen LogP) is 1.76. The molecule has 0 aliphatic rings. The SMILES string of the molecule is C[Si](O)OCCCOCCc1ccccc1. The molecule has 1 radical (unpaired) electrons. The first-order chi connectivity index (χ1) is 7.79. The Kier molecular flexibility index (Phi) is 7.08. The lowest BCUT2D eigenvalue weighted by Gasteiger charge is -2.05. The first-order valence-corrected chi connectivity index (χ1v) is 7.41. The van der Waals surface area contributed by atoms with Crippen LogP contribution in [0.3, 0.4) is 0 Å². The van der Waals surface area contributed by atoms with E-state index in [1.165, 1.54) is 5.56 Å². The van der Waals surface area contributed by atoms with Gasteiger partial charge in [-0.3, -0.25) is 0 Å². The first-order valence-electron chi connectivity index (χ1n) is 5.56. The zero-order valence-corrected chi connectivity index (χ0v) is 10.7. The van der Waals surface area contributed by atoms with Gasteiger partial charge in [-0.25, -0.2) is 0 Å². The van der Waals surface area contributed by atoms with Gasteiger partial charge in [0.25, 0.3) is 0 Å². The van der Waals surface area contributed by atoms with E-state index >= 15 is 0 Å². The summed E-state index contributed by atoms with van der Waals surface area (Å²) < 4.78 is 10.6. The van der Waals surface area contributed by atoms with Crippen LogP contribution >= 0.6 is 0 Å². The fourth-order valence-corrected chi connectivity index (χ4v) is 1.76. The van der Waals surface area contributed by atoms with E-state index in [-0.39, 0.29) is 0 Å². The lowest BCUT2D eigenvalue weighted by atomic mass is 10.2. The van der Waals surface area contributed by atoms with Crippen LogP contribution in [-0.4, -0.2) is 33.9 Å². The Bertz CT molecular complexity index is 264. The van der Waals surface area contributed by atoms with E-state index in [0.29, 0.717) is 13.2 Å². The van der Waals surface area contributed by atoms with Crippen molar-refractivity contribution in [1.82, 2.24) is 0 Å². The van der Waals surface area contributed by atoms with Gasteiger partial charge in [0.15, 0.2) is 0 Å². The van der Waals surface area contributed by atoms with Gasteiger partial charge in [0, 0.05) is 13.2 Å². The van der Waals surface area contributed by atoms with Crippen molar-refractivity contribution < 1.29 is 14.0 Å². The van der Waals surface area contributed by atoms with Crippen molar-refractivity contribution in [2.45, 2.75) is 19.4 Å². The van der Waals surface area contributed by atoms with E-state index in [1.807, 2.05) is 18.2 Å². The van der Waals surface area contributed by atoms with E-state index in [2.05, 4.69) is 12.1 Å². The molecular weight excluding hydrogens is 220 g/mol. The Morgan fingerprint density at radius 2 is 1.88 bits per heavy atom. The molecule has 4 heteroatoms. The van der Waals surface area contributed by atoms with Gasteiger partial charge in [0.05, 0.1) is 6.61 Å². The minimum absolute atomic E-state index is 0.590. The molecule has 0 spiro atoms. The van der Waals surface area contributed by atoms with Gasteiger partial charge < -0.3 is 14.0 Å². The standard InChI is InChI=1S/C12H19O3Si/c1-16(13)15-10-5-9-14-11-8-12-6-3-2-4-7-12/h2-4,6-7,13H,5,8-11H2,1H3. The fraction of sp³-hybridized carbons (Fsp3) is 0.500. The van der Waals surface area contributed by atoms with Gasteiger partial charge >= 0.3 is 9.28 Å². The molecule has 0 saturated carbocycles. The Labute approximate surface area is 98.9 Å². The number of benzene rings is 1. The molecule has 1 N–H and O–H groups in total. The molecule has 0 bridgehead atoms. The molecule has 0 aromatic heterocycles. The highest BCUT2D eigenvalue weighted by atomic mass is 28.3. The number of hydrogen-bond donors (Lipinski definition) is 1. The second kappa shape index (κ2) is 8.47. The van der Waals surface area contributed by atoms with Crippen LogP contribution in [0.15, 0.2) is 30.3 Å². The Hall–Kier alpha value is -0.683. The van der Waals surface area contributed by atoms with Gasteiger partial charge in [-0.2, -0.15) is 0 Å². The minimum atomic E-state index is -1.53. The van der Waals surface area contributed by atoms with Crippen LogP contribution in [0.1, 0.15) is 12.0 Å². The summed E-state index contributed by atoms with van der Waals surface area (Å²) in [5.74, 6) is 0. The van der Waals surface area contributed by atoms with E-state index in [0.717, 1.165) is 19.4 Å². The molecule has 0 atom stereocenters. The summed E-state index contributed by atoms with van der Waals surface area (Å²) in [6.45, 7) is 3.74. The van der Waals surface area contributed by atoms with Crippen LogP contribution in [-0.2, 0) is 15.6 Å². The maximum atomic E-state index is 8.94. The molecule has 1 aromatic rings. The van der Waals surface area contributed by atoms with Crippen molar-refractivity contribution in [1.29, 1.82) is 0 Å². The first kappa shape index (κ1) is 13.4. The fourth-order valence-electron chi connectivity index (χ4n) is 1.32. The lowest BCUT2D eigenvalue weighted by molar-refractivity contribution is 0.118. The molecule has 0 heterocycles. The highest BCUT2D eigenvalue weighted by Gasteiger charge is 1.99. The molecular formula is C12H19O3Si. The second-order valence-corrected chi connectivity index (χ2v) is 4.90. The van der Waals surface area contributed by atoms with Crippen molar-refractivity contribution in [2.24, 2.45) is 0 Å². The van der Waals surface area contributed by atoms with Crippen LogP contribution in [0.4, 0.5) is 0 Å². The summed E-state index contributed by atoms with van der Waals surface area (Å²) >= 11 is 0. The van der Waals surface area contributed by atoms with E-state index in [9.17, 15) is 0 Å². The van der Waals surface area contributed by atoms with Crippen LogP contribution in [0.5, 0.6) is 0 Å². The number of hydrogen-bond acceptors (Lipinski definition) is 3. The van der Waals surface area contributed by atoms with E-state index in [1.54, 1.807) is 6.55 Å². The zero-order valence-electron chi connectivity index (χ0n) is 9.69. The molecule has 0 saturated heterocycles. The maximum absolute atomic E-state index is 8.94. The van der Waals surface area contributed by atoms with Gasteiger partial charge in [-0.05, 0) is 25.0 Å². The third-order valence-corrected chi connectivity index (χ3v) is 2.74. The molecule has 0 unspecified atom stereocenters. The van der Waals surface area contributed by atoms with E-state index in [4.69, 9.17) is 14.0 Å². The summed E-state index contributed by atoms with van der Waals surface area (Å²) in [6, 6.07) is 10.3. The summed E-state index contributed by atoms with van der Waals surface area (Å²) in [7, 11) is -1.53. The molecule has 1 rings (SSSR count). The van der Waals surface area contributed by atoms with Crippen LogP contribution in [0, 0.1) is 0 Å². The monoisotopic (exact) mass is 239 g/mol. The topological polar surface area (TPSA) is 38.7 Å². The zero-order chi connectivity index (χ0) is 11.6. The van der Waals surface area contributed by atoms with Gasteiger partial charge in [0.1, 0.15) is 0 Å². The Morgan fingerprint density at radius 1 is 1.12 bits per heavy atom. The van der Waals surface area contributed by atoms with Crippen molar-refractivity contribution in [3.05, 3.63) is 35.9 Å². The lowest BCUT2D eigenvalue weighted by Crippen LogP contribution is -2.14. The quantitative estimate of drug-likeness (QED) is 0.555. The molecule has 0 aliphatic carbocycles. The molecule has 3 nitrogen and oxygen atoms in total. The number of rotatable bonds is 8. The predicted molar refractivity (Wildman–Crippen MR) is 65.4 cm³/mol. The highest BCUT2D eigenvalue weighted by molar-refractivity contribution is 6.40. The minimum Gasteiger partial charge on any atom is -0.410 e. The third-order valence-electron chi connectivity index (χ3n) is 2.12. The van der Waals surface area contributed by atoms with Crippen molar-refractivity contribution in [2.75, 3.05) is 19.8 Å². The van der Waals surface area contributed by atoms with Gasteiger partial charge in [0.2, 0.25) is 0 Å².